The summed E-state index contributed by atoms with van der Waals surface area (Å²) in [5.41, 5.74) is 0.782. The number of alkyl halides is 1. The van der Waals surface area contributed by atoms with Crippen LogP contribution in [0.5, 0.6) is 0 Å². The molecule has 3 heteroatoms. The van der Waals surface area contributed by atoms with Crippen molar-refractivity contribution in [3.8, 4) is 0 Å². The molecule has 88 valence electrons. The number of halogens is 3. The number of benzene rings is 1. The highest BCUT2D eigenvalue weighted by molar-refractivity contribution is 9.09. The van der Waals surface area contributed by atoms with Crippen LogP contribution in [-0.4, -0.2) is 4.83 Å². The summed E-state index contributed by atoms with van der Waals surface area (Å²) in [5, 5.41) is 0. The smallest absolute Gasteiger partial charge is 0.126 e. The first-order valence-electron chi connectivity index (χ1n) is 5.72. The molecule has 2 rings (SSSR count). The molecule has 0 aromatic heterocycles. The van der Waals surface area contributed by atoms with E-state index in [4.69, 9.17) is 0 Å². The van der Waals surface area contributed by atoms with Crippen molar-refractivity contribution in [2.45, 2.75) is 36.9 Å². The van der Waals surface area contributed by atoms with Crippen molar-refractivity contribution in [1.29, 1.82) is 0 Å². The lowest BCUT2D eigenvalue weighted by atomic mass is 9.85. The van der Waals surface area contributed by atoms with Gasteiger partial charge in [0.2, 0.25) is 0 Å². The van der Waals surface area contributed by atoms with E-state index in [0.717, 1.165) is 24.5 Å². The van der Waals surface area contributed by atoms with Gasteiger partial charge in [0.25, 0.3) is 0 Å². The summed E-state index contributed by atoms with van der Waals surface area (Å²) in [5.74, 6) is -0.387. The molecule has 0 amide bonds. The van der Waals surface area contributed by atoms with Crippen LogP contribution < -0.4 is 0 Å². The maximum Gasteiger partial charge on any atom is 0.126 e. The molecule has 0 radical (unpaired) electrons. The van der Waals surface area contributed by atoms with E-state index in [2.05, 4.69) is 15.9 Å². The Bertz CT molecular complexity index is 345. The molecule has 1 aliphatic carbocycles. The highest BCUT2D eigenvalue weighted by Gasteiger charge is 2.20. The van der Waals surface area contributed by atoms with Crippen molar-refractivity contribution in [2.75, 3.05) is 0 Å². The first kappa shape index (κ1) is 12.0. The molecule has 2 unspecified atom stereocenters. The molecule has 16 heavy (non-hydrogen) atoms. The quantitative estimate of drug-likeness (QED) is 0.705. The predicted molar refractivity (Wildman–Crippen MR) is 64.7 cm³/mol. The van der Waals surface area contributed by atoms with Crippen molar-refractivity contribution in [3.63, 3.8) is 0 Å². The molecule has 0 N–H and O–H groups in total. The first-order chi connectivity index (χ1) is 7.63. The van der Waals surface area contributed by atoms with Crippen LogP contribution in [0, 0.1) is 17.6 Å². The zero-order valence-corrected chi connectivity index (χ0v) is 10.6. The van der Waals surface area contributed by atoms with Gasteiger partial charge in [-0.2, -0.15) is 0 Å². The molecule has 0 nitrogen and oxygen atoms in total. The summed E-state index contributed by atoms with van der Waals surface area (Å²) >= 11 is 3.62. The van der Waals surface area contributed by atoms with Crippen molar-refractivity contribution in [3.05, 3.63) is 35.4 Å². The SMILES string of the molecule is Fc1cc(F)cc(CC2CCCC(Br)C2)c1. The van der Waals surface area contributed by atoms with Crippen molar-refractivity contribution < 1.29 is 8.78 Å². The van der Waals surface area contributed by atoms with E-state index in [1.165, 1.54) is 31.4 Å². The van der Waals surface area contributed by atoms with E-state index in [-0.39, 0.29) is 0 Å². The summed E-state index contributed by atoms with van der Waals surface area (Å²) in [4.78, 5) is 0.574. The predicted octanol–water partition coefficient (Wildman–Crippen LogP) is 4.46. The third kappa shape index (κ3) is 3.27. The highest BCUT2D eigenvalue weighted by Crippen LogP contribution is 2.31. The molecule has 0 heterocycles. The maximum atomic E-state index is 13.0. The van der Waals surface area contributed by atoms with Gasteiger partial charge in [-0.1, -0.05) is 28.8 Å². The van der Waals surface area contributed by atoms with Gasteiger partial charge >= 0.3 is 0 Å². The van der Waals surface area contributed by atoms with Gasteiger partial charge in [-0.3, -0.25) is 0 Å². The number of rotatable bonds is 2. The van der Waals surface area contributed by atoms with Crippen LogP contribution in [0.1, 0.15) is 31.2 Å². The Morgan fingerprint density at radius 2 is 1.81 bits per heavy atom. The van der Waals surface area contributed by atoms with Crippen LogP contribution in [0.2, 0.25) is 0 Å². The van der Waals surface area contributed by atoms with E-state index >= 15 is 0 Å². The van der Waals surface area contributed by atoms with Gasteiger partial charge in [-0.05, 0) is 42.9 Å². The van der Waals surface area contributed by atoms with Gasteiger partial charge in [0.15, 0.2) is 0 Å². The van der Waals surface area contributed by atoms with E-state index in [9.17, 15) is 8.78 Å². The summed E-state index contributed by atoms with van der Waals surface area (Å²) in [7, 11) is 0. The Balaban J connectivity index is 2.02. The molecule has 2 atom stereocenters. The van der Waals surface area contributed by atoms with Crippen molar-refractivity contribution >= 4 is 15.9 Å². The molecule has 0 aliphatic heterocycles. The van der Waals surface area contributed by atoms with Gasteiger partial charge in [0.05, 0.1) is 0 Å². The molecule has 1 aromatic rings. The summed E-state index contributed by atoms with van der Waals surface area (Å²) < 4.78 is 26.0. The van der Waals surface area contributed by atoms with Gasteiger partial charge in [0.1, 0.15) is 11.6 Å². The third-order valence-electron chi connectivity index (χ3n) is 3.17. The lowest BCUT2D eigenvalue weighted by molar-refractivity contribution is 0.367. The van der Waals surface area contributed by atoms with Crippen LogP contribution in [0.3, 0.4) is 0 Å². The fraction of sp³-hybridized carbons (Fsp3) is 0.538. The van der Waals surface area contributed by atoms with E-state index < -0.39 is 11.6 Å². The van der Waals surface area contributed by atoms with E-state index in [1.54, 1.807) is 0 Å². The summed E-state index contributed by atoms with van der Waals surface area (Å²) in [6.07, 6.45) is 5.49. The zero-order valence-electron chi connectivity index (χ0n) is 9.06. The minimum Gasteiger partial charge on any atom is -0.207 e. The molecule has 1 saturated carbocycles. The second kappa shape index (κ2) is 5.26. The van der Waals surface area contributed by atoms with Crippen molar-refractivity contribution in [2.24, 2.45) is 5.92 Å². The van der Waals surface area contributed by atoms with Gasteiger partial charge in [0, 0.05) is 10.9 Å². The molecule has 0 bridgehead atoms. The second-order valence-electron chi connectivity index (χ2n) is 4.61. The molecular formula is C13H15BrF2. The Kier molecular flexibility index (Phi) is 3.95. The summed E-state index contributed by atoms with van der Waals surface area (Å²) in [6.45, 7) is 0. The van der Waals surface area contributed by atoms with Crippen LogP contribution in [0.4, 0.5) is 8.78 Å². The first-order valence-corrected chi connectivity index (χ1v) is 6.64. The Morgan fingerprint density at radius 1 is 1.12 bits per heavy atom. The van der Waals surface area contributed by atoms with Crippen LogP contribution in [-0.2, 0) is 6.42 Å². The van der Waals surface area contributed by atoms with Crippen molar-refractivity contribution in [1.82, 2.24) is 0 Å². The molecule has 1 aliphatic rings. The topological polar surface area (TPSA) is 0 Å². The summed E-state index contributed by atoms with van der Waals surface area (Å²) in [6, 6.07) is 3.82. The fourth-order valence-corrected chi connectivity index (χ4v) is 3.33. The Labute approximate surface area is 103 Å². The lowest BCUT2D eigenvalue weighted by Crippen LogP contribution is -2.17. The maximum absolute atomic E-state index is 13.0. The molecule has 1 aromatic carbocycles. The van der Waals surface area contributed by atoms with Gasteiger partial charge in [-0.25, -0.2) is 8.78 Å². The van der Waals surface area contributed by atoms with Gasteiger partial charge in [-0.15, -0.1) is 0 Å². The van der Waals surface area contributed by atoms with E-state index in [0.29, 0.717) is 10.7 Å². The van der Waals surface area contributed by atoms with E-state index in [1.807, 2.05) is 0 Å². The minimum atomic E-state index is -0.471. The Morgan fingerprint density at radius 3 is 2.44 bits per heavy atom. The zero-order chi connectivity index (χ0) is 11.5. The number of hydrogen-bond donors (Lipinski definition) is 0. The average Bonchev–Trinajstić information content (AvgIpc) is 2.15. The minimum absolute atomic E-state index is 0.471. The fourth-order valence-electron chi connectivity index (χ4n) is 2.47. The second-order valence-corrected chi connectivity index (χ2v) is 5.91. The average molecular weight is 289 g/mol. The third-order valence-corrected chi connectivity index (χ3v) is 4.00. The monoisotopic (exact) mass is 288 g/mol. The molecule has 0 saturated heterocycles. The highest BCUT2D eigenvalue weighted by atomic mass is 79.9. The largest absolute Gasteiger partial charge is 0.207 e. The standard InChI is InChI=1S/C13H15BrF2/c14-11-3-1-2-9(5-11)4-10-6-12(15)8-13(16)7-10/h6-9,11H,1-5H2. The van der Waals surface area contributed by atoms with Crippen LogP contribution in [0.15, 0.2) is 18.2 Å². The van der Waals surface area contributed by atoms with Crippen LogP contribution >= 0.6 is 15.9 Å². The molecule has 0 spiro atoms. The molecular weight excluding hydrogens is 274 g/mol. The number of hydrogen-bond acceptors (Lipinski definition) is 0. The van der Waals surface area contributed by atoms with Gasteiger partial charge < -0.3 is 0 Å². The molecule has 1 fully saturated rings. The van der Waals surface area contributed by atoms with Crippen LogP contribution in [0.25, 0.3) is 0 Å². The normalized spacial score (nSPS) is 25.7. The Hall–Kier alpha value is -0.440. The lowest BCUT2D eigenvalue weighted by Gasteiger charge is -2.25.